The Hall–Kier alpha value is -1.68. The molecule has 0 aliphatic heterocycles. The molecule has 2 aromatic carbocycles. The molecular weight excluding hydrogens is 350 g/mol. The van der Waals surface area contributed by atoms with Crippen LogP contribution in [-0.2, 0) is 13.1 Å². The Bertz CT molecular complexity index is 755. The Morgan fingerprint density at radius 1 is 1.20 bits per heavy atom. The fourth-order valence-electron chi connectivity index (χ4n) is 2.31. The summed E-state index contributed by atoms with van der Waals surface area (Å²) in [5, 5.41) is 4.18. The van der Waals surface area contributed by atoms with Crippen LogP contribution in [0, 0.1) is 0 Å². The van der Waals surface area contributed by atoms with E-state index < -0.39 is 0 Å². The normalized spacial score (nSPS) is 11.9. The Balaban J connectivity index is 1.99. The van der Waals surface area contributed by atoms with Gasteiger partial charge in [0.1, 0.15) is 11.5 Å². The highest BCUT2D eigenvalue weighted by Crippen LogP contribution is 2.23. The van der Waals surface area contributed by atoms with E-state index in [1.54, 1.807) is 0 Å². The molecule has 0 radical (unpaired) electrons. The molecule has 0 aliphatic rings. The van der Waals surface area contributed by atoms with Gasteiger partial charge in [-0.3, -0.25) is 0 Å². The van der Waals surface area contributed by atoms with E-state index in [0.29, 0.717) is 6.54 Å². The summed E-state index contributed by atoms with van der Waals surface area (Å²) in [7, 11) is 0. The molecule has 0 saturated heterocycles. The molecule has 0 aromatic heterocycles. The average molecular weight is 374 g/mol. The summed E-state index contributed by atoms with van der Waals surface area (Å²) in [6.07, 6.45) is 7.01. The number of rotatable bonds is 8. The number of ether oxygens (including phenoxy) is 1. The van der Waals surface area contributed by atoms with Crippen molar-refractivity contribution in [3.8, 4) is 5.75 Å². The van der Waals surface area contributed by atoms with E-state index in [-0.39, 0.29) is 0 Å². The van der Waals surface area contributed by atoms with Gasteiger partial charge in [0.05, 0.1) is 0 Å². The number of hydrogen-bond donors (Lipinski definition) is 2. The first-order chi connectivity index (χ1) is 12.1. The molecule has 132 valence electrons. The van der Waals surface area contributed by atoms with Crippen LogP contribution in [0.2, 0.25) is 5.02 Å². The quantitative estimate of drug-likeness (QED) is 0.328. The van der Waals surface area contributed by atoms with Crippen LogP contribution in [0.1, 0.15) is 31.4 Å². The van der Waals surface area contributed by atoms with Gasteiger partial charge in [-0.15, -0.1) is 12.6 Å². The lowest BCUT2D eigenvalue weighted by Gasteiger charge is -2.11. The summed E-state index contributed by atoms with van der Waals surface area (Å²) in [5.41, 5.74) is 2.25. The minimum absolute atomic E-state index is 0.707. The van der Waals surface area contributed by atoms with Gasteiger partial charge in [0.2, 0.25) is 0 Å². The molecule has 2 aromatic rings. The number of nitrogens with one attached hydrogen (secondary N) is 1. The van der Waals surface area contributed by atoms with Crippen molar-refractivity contribution < 1.29 is 4.74 Å². The Kier molecular flexibility index (Phi) is 8.13. The van der Waals surface area contributed by atoms with Gasteiger partial charge < -0.3 is 10.1 Å². The number of allylic oxidation sites excluding steroid dienone is 3. The van der Waals surface area contributed by atoms with Gasteiger partial charge in [0.25, 0.3) is 0 Å². The third-order valence-electron chi connectivity index (χ3n) is 3.62. The second-order valence-corrected chi connectivity index (χ2v) is 6.55. The second-order valence-electron chi connectivity index (χ2n) is 5.63. The molecule has 0 fully saturated rings. The highest BCUT2D eigenvalue weighted by molar-refractivity contribution is 7.80. The summed E-state index contributed by atoms with van der Waals surface area (Å²) in [5.74, 6) is 1.65. The van der Waals surface area contributed by atoms with Crippen molar-refractivity contribution >= 4 is 24.2 Å². The van der Waals surface area contributed by atoms with Crippen LogP contribution in [0.15, 0.2) is 71.3 Å². The predicted molar refractivity (Wildman–Crippen MR) is 110 cm³/mol. The van der Waals surface area contributed by atoms with Crippen molar-refractivity contribution in [2.75, 3.05) is 0 Å². The summed E-state index contributed by atoms with van der Waals surface area (Å²) in [6.45, 7) is 5.52. The first kappa shape index (κ1) is 19.6. The molecule has 0 bridgehead atoms. The van der Waals surface area contributed by atoms with Crippen molar-refractivity contribution in [1.29, 1.82) is 0 Å². The average Bonchev–Trinajstić information content (AvgIpc) is 2.61. The summed E-state index contributed by atoms with van der Waals surface area (Å²) in [6, 6.07) is 13.8. The van der Waals surface area contributed by atoms with Gasteiger partial charge in [-0.1, -0.05) is 36.7 Å². The van der Waals surface area contributed by atoms with Crippen LogP contribution in [0.3, 0.4) is 0 Å². The second kappa shape index (κ2) is 10.3. The number of hydrogen-bond acceptors (Lipinski definition) is 3. The number of halogens is 1. The van der Waals surface area contributed by atoms with E-state index in [4.69, 9.17) is 16.3 Å². The van der Waals surface area contributed by atoms with E-state index in [9.17, 15) is 0 Å². The fourth-order valence-corrected chi connectivity index (χ4v) is 2.75. The van der Waals surface area contributed by atoms with E-state index in [2.05, 4.69) is 37.0 Å². The maximum atomic E-state index is 6.02. The van der Waals surface area contributed by atoms with Gasteiger partial charge in [-0.25, -0.2) is 0 Å². The maximum absolute atomic E-state index is 6.02. The fraction of sp³-hybridized carbons (Fsp3) is 0.238. The molecule has 2 nitrogen and oxygen atoms in total. The first-order valence-electron chi connectivity index (χ1n) is 8.40. The van der Waals surface area contributed by atoms with Crippen LogP contribution >= 0.6 is 24.2 Å². The molecular formula is C21H24ClNOS. The molecule has 4 heteroatoms. The van der Waals surface area contributed by atoms with Crippen molar-refractivity contribution in [1.82, 2.24) is 5.32 Å². The van der Waals surface area contributed by atoms with Crippen LogP contribution in [0.25, 0.3) is 0 Å². The minimum atomic E-state index is 0.707. The monoisotopic (exact) mass is 373 g/mol. The summed E-state index contributed by atoms with van der Waals surface area (Å²) < 4.78 is 5.94. The maximum Gasteiger partial charge on any atom is 0.127 e. The zero-order chi connectivity index (χ0) is 18.1. The minimum Gasteiger partial charge on any atom is -0.458 e. The van der Waals surface area contributed by atoms with E-state index in [0.717, 1.165) is 45.5 Å². The topological polar surface area (TPSA) is 21.3 Å². The Morgan fingerprint density at radius 2 is 2.04 bits per heavy atom. The molecule has 0 atom stereocenters. The lowest BCUT2D eigenvalue weighted by molar-refractivity contribution is 0.441. The zero-order valence-corrected chi connectivity index (χ0v) is 16.3. The van der Waals surface area contributed by atoms with E-state index >= 15 is 0 Å². The largest absolute Gasteiger partial charge is 0.458 e. The van der Waals surface area contributed by atoms with Crippen molar-refractivity contribution in [3.05, 3.63) is 82.6 Å². The van der Waals surface area contributed by atoms with Crippen molar-refractivity contribution in [2.24, 2.45) is 0 Å². The molecule has 1 N–H and O–H groups in total. The van der Waals surface area contributed by atoms with Crippen molar-refractivity contribution in [2.45, 2.75) is 38.3 Å². The summed E-state index contributed by atoms with van der Waals surface area (Å²) in [4.78, 5) is 0.942. The third kappa shape index (κ3) is 6.62. The molecule has 0 saturated carbocycles. The Labute approximate surface area is 161 Å². The highest BCUT2D eigenvalue weighted by atomic mass is 35.5. The van der Waals surface area contributed by atoms with Crippen molar-refractivity contribution in [3.63, 3.8) is 0 Å². The van der Waals surface area contributed by atoms with E-state index in [1.165, 1.54) is 0 Å². The lowest BCUT2D eigenvalue weighted by Crippen LogP contribution is -2.13. The molecule has 25 heavy (non-hydrogen) atoms. The molecule has 0 aliphatic carbocycles. The third-order valence-corrected chi connectivity index (χ3v) is 4.29. The molecule has 2 rings (SSSR count). The van der Waals surface area contributed by atoms with Gasteiger partial charge in [0, 0.05) is 23.0 Å². The lowest BCUT2D eigenvalue weighted by atomic mass is 10.2. The molecule has 0 amide bonds. The molecule has 0 heterocycles. The summed E-state index contributed by atoms with van der Waals surface area (Å²) >= 11 is 10.6. The standard InChI is InChI=1S/C21H24ClNOS/c1-3-5-9-19(4-2)24-20-10-11-21(25)17(13-20)15-23-14-16-7-6-8-18(22)12-16/h4-13,23,25H,3,14-15H2,1-2H3/b9-5-,19-4+. The Morgan fingerprint density at radius 3 is 2.76 bits per heavy atom. The highest BCUT2D eigenvalue weighted by Gasteiger charge is 2.04. The van der Waals surface area contributed by atoms with Gasteiger partial charge in [-0.2, -0.15) is 0 Å². The molecule has 0 unspecified atom stereocenters. The van der Waals surface area contributed by atoms with Gasteiger partial charge in [0.15, 0.2) is 0 Å². The molecule has 0 spiro atoms. The van der Waals surface area contributed by atoms with Crippen LogP contribution in [0.5, 0.6) is 5.75 Å². The van der Waals surface area contributed by atoms with E-state index in [1.807, 2.05) is 55.5 Å². The number of thiol groups is 1. The first-order valence-corrected chi connectivity index (χ1v) is 9.22. The van der Waals surface area contributed by atoms with Crippen LogP contribution in [-0.4, -0.2) is 0 Å². The zero-order valence-electron chi connectivity index (χ0n) is 14.6. The number of benzene rings is 2. The van der Waals surface area contributed by atoms with Gasteiger partial charge in [-0.05, 0) is 67.0 Å². The van der Waals surface area contributed by atoms with Gasteiger partial charge >= 0.3 is 0 Å². The smallest absolute Gasteiger partial charge is 0.127 e. The van der Waals surface area contributed by atoms with Crippen LogP contribution < -0.4 is 10.1 Å². The SMILES string of the molecule is C/C=C(\C=C/CC)Oc1ccc(S)c(CNCc2cccc(Cl)c2)c1. The predicted octanol–water partition coefficient (Wildman–Crippen LogP) is 6.17. The van der Waals surface area contributed by atoms with Crippen LogP contribution in [0.4, 0.5) is 0 Å².